The number of benzene rings is 1. The normalized spacial score (nSPS) is 20.8. The van der Waals surface area contributed by atoms with Crippen LogP contribution in [0, 0.1) is 0 Å². The van der Waals surface area contributed by atoms with Crippen LogP contribution in [0.1, 0.15) is 60.3 Å². The zero-order valence-corrected chi connectivity index (χ0v) is 15.3. The number of hydrogen-bond acceptors (Lipinski definition) is 4. The highest BCUT2D eigenvalue weighted by atomic mass is 15.1. The molecule has 0 saturated carbocycles. The molecule has 0 spiro atoms. The van der Waals surface area contributed by atoms with E-state index in [0.29, 0.717) is 11.8 Å². The summed E-state index contributed by atoms with van der Waals surface area (Å²) in [6.07, 6.45) is 4.27. The topological polar surface area (TPSA) is 41.1 Å². The molecule has 1 aromatic carbocycles. The van der Waals surface area contributed by atoms with Crippen molar-refractivity contribution in [1.29, 1.82) is 0 Å². The second-order valence-electron chi connectivity index (χ2n) is 7.75. The van der Waals surface area contributed by atoms with Crippen molar-refractivity contribution in [3.05, 3.63) is 58.7 Å². The predicted molar refractivity (Wildman–Crippen MR) is 101 cm³/mol. The third-order valence-electron chi connectivity index (χ3n) is 5.51. The van der Waals surface area contributed by atoms with Gasteiger partial charge in [-0.25, -0.2) is 9.97 Å². The average molecular weight is 336 g/mol. The van der Waals surface area contributed by atoms with E-state index in [0.717, 1.165) is 51.4 Å². The second kappa shape index (κ2) is 7.22. The largest absolute Gasteiger partial charge is 0.316 e. The Labute approximate surface area is 150 Å². The summed E-state index contributed by atoms with van der Waals surface area (Å²) in [6, 6.07) is 9.08. The van der Waals surface area contributed by atoms with Gasteiger partial charge in [0.1, 0.15) is 5.82 Å². The number of nitrogens with zero attached hydrogens (tertiary/aromatic N) is 3. The predicted octanol–water partition coefficient (Wildman–Crippen LogP) is 3.24. The molecular weight excluding hydrogens is 308 g/mol. The van der Waals surface area contributed by atoms with E-state index in [1.807, 2.05) is 0 Å². The van der Waals surface area contributed by atoms with Crippen molar-refractivity contribution in [3.8, 4) is 0 Å². The smallest absolute Gasteiger partial charge is 0.132 e. The quantitative estimate of drug-likeness (QED) is 0.931. The van der Waals surface area contributed by atoms with Crippen LogP contribution in [0.2, 0.25) is 0 Å². The monoisotopic (exact) mass is 336 g/mol. The van der Waals surface area contributed by atoms with E-state index in [9.17, 15) is 0 Å². The molecule has 4 heteroatoms. The Morgan fingerprint density at radius 1 is 1.24 bits per heavy atom. The lowest BCUT2D eigenvalue weighted by Gasteiger charge is -2.28. The lowest BCUT2D eigenvalue weighted by Crippen LogP contribution is -2.31. The molecular formula is C21H28N4. The van der Waals surface area contributed by atoms with Gasteiger partial charge in [-0.05, 0) is 30.0 Å². The summed E-state index contributed by atoms with van der Waals surface area (Å²) in [5.74, 6) is 2.14. The zero-order chi connectivity index (χ0) is 17.2. The molecule has 1 N–H and O–H groups in total. The molecule has 1 fully saturated rings. The number of nitrogens with one attached hydrogen (secondary N) is 1. The maximum atomic E-state index is 4.89. The van der Waals surface area contributed by atoms with Gasteiger partial charge in [-0.15, -0.1) is 0 Å². The summed E-state index contributed by atoms with van der Waals surface area (Å²) in [6.45, 7) is 9.65. The summed E-state index contributed by atoms with van der Waals surface area (Å²) in [7, 11) is 0. The van der Waals surface area contributed by atoms with Crippen LogP contribution in [0.15, 0.2) is 30.5 Å². The Hall–Kier alpha value is -1.78. The molecule has 0 unspecified atom stereocenters. The van der Waals surface area contributed by atoms with Crippen LogP contribution >= 0.6 is 0 Å². The first kappa shape index (κ1) is 16.7. The molecule has 0 amide bonds. The highest BCUT2D eigenvalue weighted by molar-refractivity contribution is 5.26. The minimum atomic E-state index is 0.503. The highest BCUT2D eigenvalue weighted by Crippen LogP contribution is 2.24. The van der Waals surface area contributed by atoms with Crippen molar-refractivity contribution in [2.45, 2.75) is 51.6 Å². The first-order valence-electron chi connectivity index (χ1n) is 9.55. The van der Waals surface area contributed by atoms with Gasteiger partial charge >= 0.3 is 0 Å². The fourth-order valence-corrected chi connectivity index (χ4v) is 3.86. The van der Waals surface area contributed by atoms with E-state index in [2.05, 4.69) is 59.5 Å². The van der Waals surface area contributed by atoms with Crippen molar-refractivity contribution >= 4 is 0 Å². The zero-order valence-electron chi connectivity index (χ0n) is 15.3. The lowest BCUT2D eigenvalue weighted by molar-refractivity contribution is 0.242. The molecule has 4 rings (SSSR count). The molecule has 2 aliphatic rings. The summed E-state index contributed by atoms with van der Waals surface area (Å²) in [4.78, 5) is 12.1. The molecule has 0 radical (unpaired) electrons. The number of hydrogen-bond donors (Lipinski definition) is 1. The van der Waals surface area contributed by atoms with Gasteiger partial charge < -0.3 is 5.32 Å². The summed E-state index contributed by atoms with van der Waals surface area (Å²) in [5.41, 5.74) is 5.38. The molecule has 2 aliphatic heterocycles. The van der Waals surface area contributed by atoms with Gasteiger partial charge in [0.25, 0.3) is 0 Å². The minimum absolute atomic E-state index is 0.503. The molecule has 25 heavy (non-hydrogen) atoms. The van der Waals surface area contributed by atoms with Crippen LogP contribution in [0.25, 0.3) is 0 Å². The molecule has 3 heterocycles. The maximum absolute atomic E-state index is 4.89. The van der Waals surface area contributed by atoms with E-state index in [1.165, 1.54) is 22.4 Å². The van der Waals surface area contributed by atoms with Gasteiger partial charge in [0, 0.05) is 56.0 Å². The minimum Gasteiger partial charge on any atom is -0.316 e. The van der Waals surface area contributed by atoms with Gasteiger partial charge in [0.05, 0.1) is 0 Å². The molecule has 0 aliphatic carbocycles. The second-order valence-corrected chi connectivity index (χ2v) is 7.75. The van der Waals surface area contributed by atoms with Crippen molar-refractivity contribution in [3.63, 3.8) is 0 Å². The van der Waals surface area contributed by atoms with E-state index < -0.39 is 0 Å². The van der Waals surface area contributed by atoms with Crippen LogP contribution in [-0.4, -0.2) is 34.5 Å². The molecule has 2 aromatic rings. The third-order valence-corrected chi connectivity index (χ3v) is 5.51. The molecule has 0 bridgehead atoms. The summed E-state index contributed by atoms with van der Waals surface area (Å²) in [5, 5.41) is 3.41. The SMILES string of the molecule is CC(C)c1ccc(CN2CCc3nc([C@H]4CCNC4)ncc3C2)cc1. The number of aromatic nitrogens is 2. The van der Waals surface area contributed by atoms with Crippen LogP contribution < -0.4 is 5.32 Å². The van der Waals surface area contributed by atoms with Gasteiger partial charge in [0.15, 0.2) is 0 Å². The van der Waals surface area contributed by atoms with Gasteiger partial charge in [-0.3, -0.25) is 4.90 Å². The Morgan fingerprint density at radius 3 is 2.80 bits per heavy atom. The molecule has 132 valence electrons. The molecule has 1 saturated heterocycles. The summed E-state index contributed by atoms with van der Waals surface area (Å²) >= 11 is 0. The van der Waals surface area contributed by atoms with Gasteiger partial charge in [-0.1, -0.05) is 38.1 Å². The Balaban J connectivity index is 1.42. The van der Waals surface area contributed by atoms with E-state index in [1.54, 1.807) is 0 Å². The molecule has 4 nitrogen and oxygen atoms in total. The van der Waals surface area contributed by atoms with Crippen LogP contribution in [0.3, 0.4) is 0 Å². The van der Waals surface area contributed by atoms with Gasteiger partial charge in [-0.2, -0.15) is 0 Å². The van der Waals surface area contributed by atoms with Crippen molar-refractivity contribution in [1.82, 2.24) is 20.2 Å². The Morgan fingerprint density at radius 2 is 2.08 bits per heavy atom. The Kier molecular flexibility index (Phi) is 4.82. The third kappa shape index (κ3) is 3.75. The average Bonchev–Trinajstić information content (AvgIpc) is 3.16. The number of rotatable bonds is 4. The van der Waals surface area contributed by atoms with E-state index >= 15 is 0 Å². The van der Waals surface area contributed by atoms with E-state index in [4.69, 9.17) is 4.98 Å². The first-order valence-corrected chi connectivity index (χ1v) is 9.55. The standard InChI is InChI=1S/C21H28N4/c1-15(2)17-5-3-16(4-6-17)13-25-10-8-20-19(14-25)12-23-21(24-20)18-7-9-22-11-18/h3-6,12,15,18,22H,7-11,13-14H2,1-2H3/t18-/m0/s1. The van der Waals surface area contributed by atoms with Crippen LogP contribution in [0.4, 0.5) is 0 Å². The van der Waals surface area contributed by atoms with Gasteiger partial charge in [0.2, 0.25) is 0 Å². The van der Waals surface area contributed by atoms with Crippen LogP contribution in [-0.2, 0) is 19.5 Å². The van der Waals surface area contributed by atoms with Crippen molar-refractivity contribution < 1.29 is 0 Å². The Bertz CT molecular complexity index is 717. The lowest BCUT2D eigenvalue weighted by atomic mass is 10.0. The fourth-order valence-electron chi connectivity index (χ4n) is 3.86. The van der Waals surface area contributed by atoms with Crippen LogP contribution in [0.5, 0.6) is 0 Å². The first-order chi connectivity index (χ1) is 12.2. The summed E-state index contributed by atoms with van der Waals surface area (Å²) < 4.78 is 0. The van der Waals surface area contributed by atoms with Crippen molar-refractivity contribution in [2.75, 3.05) is 19.6 Å². The van der Waals surface area contributed by atoms with E-state index in [-0.39, 0.29) is 0 Å². The molecule has 1 atom stereocenters. The maximum Gasteiger partial charge on any atom is 0.132 e. The fraction of sp³-hybridized carbons (Fsp3) is 0.524. The van der Waals surface area contributed by atoms with Crippen molar-refractivity contribution in [2.24, 2.45) is 0 Å². The molecule has 1 aromatic heterocycles. The highest BCUT2D eigenvalue weighted by Gasteiger charge is 2.23. The number of fused-ring (bicyclic) bond motifs is 1.